The van der Waals surface area contributed by atoms with Gasteiger partial charge in [-0.1, -0.05) is 24.0 Å². The lowest BCUT2D eigenvalue weighted by atomic mass is 10.1. The molecule has 21 heavy (non-hydrogen) atoms. The van der Waals surface area contributed by atoms with E-state index in [2.05, 4.69) is 21.2 Å². The van der Waals surface area contributed by atoms with Crippen molar-refractivity contribution < 1.29 is 14.3 Å². The molecule has 7 heteroatoms. The van der Waals surface area contributed by atoms with Gasteiger partial charge in [0.2, 0.25) is 0 Å². The van der Waals surface area contributed by atoms with E-state index in [9.17, 15) is 4.79 Å². The first-order valence-corrected chi connectivity index (χ1v) is 8.41. The monoisotopic (exact) mass is 387 g/mol. The first-order chi connectivity index (χ1) is 10.0. The molecule has 1 aromatic rings. The summed E-state index contributed by atoms with van der Waals surface area (Å²) in [6, 6.07) is 3.69. The molecule has 0 saturated carbocycles. The normalized spacial score (nSPS) is 16.2. The predicted molar refractivity (Wildman–Crippen MR) is 92.8 cm³/mol. The van der Waals surface area contributed by atoms with Crippen LogP contribution in [0.1, 0.15) is 19.4 Å². The van der Waals surface area contributed by atoms with Gasteiger partial charge in [-0.05, 0) is 41.9 Å². The van der Waals surface area contributed by atoms with Gasteiger partial charge in [0, 0.05) is 11.6 Å². The highest BCUT2D eigenvalue weighted by molar-refractivity contribution is 9.10. The minimum Gasteiger partial charge on any atom is -0.493 e. The smallest absolute Gasteiger partial charge is 0.263 e. The van der Waals surface area contributed by atoms with Crippen LogP contribution in [-0.2, 0) is 4.79 Å². The first-order valence-electron chi connectivity index (χ1n) is 6.39. The van der Waals surface area contributed by atoms with Crippen LogP contribution in [0.3, 0.4) is 0 Å². The lowest BCUT2D eigenvalue weighted by molar-refractivity contribution is -0.115. The third-order valence-electron chi connectivity index (χ3n) is 2.59. The molecular weight excluding hydrogens is 374 g/mol. The van der Waals surface area contributed by atoms with Crippen molar-refractivity contribution >= 4 is 56.2 Å². The largest absolute Gasteiger partial charge is 0.493 e. The molecule has 1 aliphatic rings. The van der Waals surface area contributed by atoms with Crippen LogP contribution in [0.15, 0.2) is 21.5 Å². The van der Waals surface area contributed by atoms with Gasteiger partial charge in [0.05, 0.1) is 22.6 Å². The fourth-order valence-corrected chi connectivity index (χ4v) is 3.28. The average Bonchev–Trinajstić information content (AvgIpc) is 2.73. The molecule has 0 spiro atoms. The minimum atomic E-state index is -0.183. The number of halogens is 1. The standard InChI is InChI=1S/C14H14BrNO3S2/c1-3-18-10-7-11(19-4-2)9(15)5-8(10)6-12-13(17)16-14(20)21-12/h5-7H,3-4H2,1-2H3,(H,16,17,20)/b12-6-. The SMILES string of the molecule is CCOc1cc(OCC)c(/C=C2\SC(=S)NC2=O)cc1Br. The molecule has 0 atom stereocenters. The summed E-state index contributed by atoms with van der Waals surface area (Å²) >= 11 is 9.70. The number of carbonyl (C=O) groups is 1. The summed E-state index contributed by atoms with van der Waals surface area (Å²) in [6.07, 6.45) is 1.77. The van der Waals surface area contributed by atoms with Crippen LogP contribution < -0.4 is 14.8 Å². The summed E-state index contributed by atoms with van der Waals surface area (Å²) in [4.78, 5) is 12.3. The Hall–Kier alpha value is -1.05. The van der Waals surface area contributed by atoms with E-state index in [4.69, 9.17) is 21.7 Å². The highest BCUT2D eigenvalue weighted by Crippen LogP contribution is 2.36. The first kappa shape index (κ1) is 16.3. The molecule has 0 aromatic heterocycles. The van der Waals surface area contributed by atoms with Gasteiger partial charge in [-0.25, -0.2) is 0 Å². The lowest BCUT2D eigenvalue weighted by Crippen LogP contribution is -2.17. The van der Waals surface area contributed by atoms with Gasteiger partial charge in [-0.2, -0.15) is 0 Å². The molecule has 1 amide bonds. The number of benzene rings is 1. The summed E-state index contributed by atoms with van der Waals surface area (Å²) in [5, 5.41) is 2.59. The Kier molecular flexibility index (Phi) is 5.66. The summed E-state index contributed by atoms with van der Waals surface area (Å²) in [6.45, 7) is 4.92. The van der Waals surface area contributed by atoms with E-state index in [0.717, 1.165) is 10.0 Å². The van der Waals surface area contributed by atoms with E-state index >= 15 is 0 Å². The van der Waals surface area contributed by atoms with Gasteiger partial charge in [-0.3, -0.25) is 4.79 Å². The molecule has 1 saturated heterocycles. The molecular formula is C14H14BrNO3S2. The van der Waals surface area contributed by atoms with Gasteiger partial charge in [0.1, 0.15) is 15.8 Å². The van der Waals surface area contributed by atoms with Crippen LogP contribution in [0, 0.1) is 0 Å². The van der Waals surface area contributed by atoms with Gasteiger partial charge in [0.15, 0.2) is 0 Å². The zero-order valence-electron chi connectivity index (χ0n) is 11.6. The van der Waals surface area contributed by atoms with Crippen molar-refractivity contribution in [3.8, 4) is 11.5 Å². The molecule has 0 radical (unpaired) electrons. The van der Waals surface area contributed by atoms with E-state index in [0.29, 0.717) is 33.9 Å². The number of amides is 1. The number of carbonyl (C=O) groups excluding carboxylic acids is 1. The number of thioether (sulfide) groups is 1. The van der Waals surface area contributed by atoms with E-state index < -0.39 is 0 Å². The quantitative estimate of drug-likeness (QED) is 0.615. The van der Waals surface area contributed by atoms with E-state index in [1.807, 2.05) is 26.0 Å². The van der Waals surface area contributed by atoms with Crippen molar-refractivity contribution in [1.82, 2.24) is 5.32 Å². The molecule has 4 nitrogen and oxygen atoms in total. The topological polar surface area (TPSA) is 47.6 Å². The second-order valence-corrected chi connectivity index (χ2v) is 6.61. The zero-order chi connectivity index (χ0) is 15.4. The molecule has 1 heterocycles. The Bertz CT molecular complexity index is 616. The Morgan fingerprint density at radius 3 is 2.52 bits per heavy atom. The molecule has 0 aliphatic carbocycles. The molecule has 1 aliphatic heterocycles. The second-order valence-electron chi connectivity index (χ2n) is 4.04. The van der Waals surface area contributed by atoms with Crippen molar-refractivity contribution in [3.05, 3.63) is 27.1 Å². The van der Waals surface area contributed by atoms with Crippen molar-refractivity contribution in [3.63, 3.8) is 0 Å². The maximum absolute atomic E-state index is 11.7. The number of ether oxygens (including phenoxy) is 2. The summed E-state index contributed by atoms with van der Waals surface area (Å²) in [5.74, 6) is 1.20. The van der Waals surface area contributed by atoms with Crippen LogP contribution >= 0.6 is 39.9 Å². The van der Waals surface area contributed by atoms with Gasteiger partial charge >= 0.3 is 0 Å². The van der Waals surface area contributed by atoms with Gasteiger partial charge in [0.25, 0.3) is 5.91 Å². The lowest BCUT2D eigenvalue weighted by Gasteiger charge is -2.12. The predicted octanol–water partition coefficient (Wildman–Crippen LogP) is 3.74. The molecule has 2 rings (SSSR count). The highest BCUT2D eigenvalue weighted by Gasteiger charge is 2.23. The second kappa shape index (κ2) is 7.29. The Balaban J connectivity index is 2.42. The maximum Gasteiger partial charge on any atom is 0.263 e. The molecule has 0 bridgehead atoms. The van der Waals surface area contributed by atoms with Crippen LogP contribution in [0.4, 0.5) is 0 Å². The third-order valence-corrected chi connectivity index (χ3v) is 4.38. The molecule has 1 N–H and O–H groups in total. The fraction of sp³-hybridized carbons (Fsp3) is 0.286. The zero-order valence-corrected chi connectivity index (χ0v) is 14.8. The van der Waals surface area contributed by atoms with E-state index in [1.54, 1.807) is 6.08 Å². The Labute approximate surface area is 141 Å². The van der Waals surface area contributed by atoms with Crippen LogP contribution in [-0.4, -0.2) is 23.4 Å². The molecule has 1 aromatic carbocycles. The Morgan fingerprint density at radius 1 is 1.29 bits per heavy atom. The number of thiocarbonyl (C=S) groups is 1. The summed E-state index contributed by atoms with van der Waals surface area (Å²) < 4.78 is 12.4. The van der Waals surface area contributed by atoms with Crippen molar-refractivity contribution in [2.24, 2.45) is 0 Å². The molecule has 112 valence electrons. The van der Waals surface area contributed by atoms with Crippen LogP contribution in [0.2, 0.25) is 0 Å². The maximum atomic E-state index is 11.7. The minimum absolute atomic E-state index is 0.183. The van der Waals surface area contributed by atoms with Crippen molar-refractivity contribution in [2.75, 3.05) is 13.2 Å². The molecule has 1 fully saturated rings. The summed E-state index contributed by atoms with van der Waals surface area (Å²) in [5.41, 5.74) is 0.800. The van der Waals surface area contributed by atoms with Crippen LogP contribution in [0.5, 0.6) is 11.5 Å². The van der Waals surface area contributed by atoms with Crippen molar-refractivity contribution in [1.29, 1.82) is 0 Å². The van der Waals surface area contributed by atoms with E-state index in [1.165, 1.54) is 11.8 Å². The Morgan fingerprint density at radius 2 is 1.95 bits per heavy atom. The number of nitrogens with one attached hydrogen (secondary N) is 1. The number of hydrogen-bond donors (Lipinski definition) is 1. The van der Waals surface area contributed by atoms with E-state index in [-0.39, 0.29) is 5.91 Å². The third kappa shape index (κ3) is 3.99. The van der Waals surface area contributed by atoms with Gasteiger partial charge < -0.3 is 14.8 Å². The highest BCUT2D eigenvalue weighted by atomic mass is 79.9. The fourth-order valence-electron chi connectivity index (χ4n) is 1.77. The van der Waals surface area contributed by atoms with Gasteiger partial charge in [-0.15, -0.1) is 0 Å². The summed E-state index contributed by atoms with van der Waals surface area (Å²) in [7, 11) is 0. The van der Waals surface area contributed by atoms with Crippen LogP contribution in [0.25, 0.3) is 6.08 Å². The number of rotatable bonds is 5. The number of hydrogen-bond acceptors (Lipinski definition) is 5. The van der Waals surface area contributed by atoms with Crippen molar-refractivity contribution in [2.45, 2.75) is 13.8 Å². The average molecular weight is 388 g/mol. The molecule has 0 unspecified atom stereocenters.